The van der Waals surface area contributed by atoms with E-state index in [9.17, 15) is 5.11 Å². The van der Waals surface area contributed by atoms with Crippen LogP contribution in [-0.2, 0) is 0 Å². The van der Waals surface area contributed by atoms with Crippen LogP contribution < -0.4 is 15.0 Å². The van der Waals surface area contributed by atoms with Crippen molar-refractivity contribution in [2.75, 3.05) is 31.0 Å². The fourth-order valence-electron chi connectivity index (χ4n) is 4.04. The predicted octanol–water partition coefficient (Wildman–Crippen LogP) is 4.29. The number of nitrogens with zero attached hydrogens (tertiary/aromatic N) is 2. The monoisotopic (exact) mass is 385 g/mol. The van der Waals surface area contributed by atoms with Crippen molar-refractivity contribution < 1.29 is 9.84 Å². The summed E-state index contributed by atoms with van der Waals surface area (Å²) in [5.41, 5.74) is 3.58. The number of aromatic nitrogens is 1. The number of nitrogens with one attached hydrogen (secondary N) is 1. The number of methoxy groups -OCH3 is 1. The summed E-state index contributed by atoms with van der Waals surface area (Å²) in [6.45, 7) is 0.318. The summed E-state index contributed by atoms with van der Waals surface area (Å²) in [7, 11) is 3.84. The average Bonchev–Trinajstić information content (AvgIpc) is 3.05. The van der Waals surface area contributed by atoms with E-state index in [1.807, 2.05) is 30.2 Å². The Morgan fingerprint density at radius 1 is 1.26 bits per heavy atom. The molecule has 2 aliphatic rings. The van der Waals surface area contributed by atoms with Crippen LogP contribution in [0, 0.1) is 5.92 Å². The molecule has 1 aliphatic carbocycles. The first-order chi connectivity index (χ1) is 13.2. The molecule has 0 amide bonds. The van der Waals surface area contributed by atoms with Crippen LogP contribution in [0.25, 0.3) is 0 Å². The van der Waals surface area contributed by atoms with E-state index in [1.165, 1.54) is 21.8 Å². The van der Waals surface area contributed by atoms with Gasteiger partial charge in [0.15, 0.2) is 0 Å². The summed E-state index contributed by atoms with van der Waals surface area (Å²) in [6, 6.07) is 8.81. The van der Waals surface area contributed by atoms with Crippen molar-refractivity contribution >= 4 is 23.1 Å². The van der Waals surface area contributed by atoms with Gasteiger partial charge in [0, 0.05) is 54.3 Å². The Kier molecular flexibility index (Phi) is 5.45. The summed E-state index contributed by atoms with van der Waals surface area (Å²) >= 11 is 1.85. The molecule has 5 nitrogen and oxygen atoms in total. The number of fused-ring (bicyclic) bond motifs is 1. The third-order valence-corrected chi connectivity index (χ3v) is 7.11. The fourth-order valence-corrected chi connectivity index (χ4v) is 5.34. The van der Waals surface area contributed by atoms with Crippen molar-refractivity contribution in [3.8, 4) is 5.75 Å². The molecule has 1 fully saturated rings. The molecule has 2 heterocycles. The maximum absolute atomic E-state index is 9.36. The number of rotatable bonds is 5. The van der Waals surface area contributed by atoms with Crippen molar-refractivity contribution in [3.63, 3.8) is 0 Å². The summed E-state index contributed by atoms with van der Waals surface area (Å²) in [5.74, 6) is 1.35. The minimum atomic E-state index is 0.192. The molecule has 0 radical (unpaired) electrons. The summed E-state index contributed by atoms with van der Waals surface area (Å²) < 4.78 is 5.39. The van der Waals surface area contributed by atoms with Gasteiger partial charge in [-0.1, -0.05) is 11.8 Å². The number of hydrogen-bond acceptors (Lipinski definition) is 6. The first kappa shape index (κ1) is 18.4. The second kappa shape index (κ2) is 7.98. The molecular formula is C21H27N3O2S. The molecule has 4 rings (SSSR count). The molecule has 2 N–H and O–H groups in total. The van der Waals surface area contributed by atoms with Gasteiger partial charge in [-0.2, -0.15) is 0 Å². The van der Waals surface area contributed by atoms with Crippen LogP contribution in [0.15, 0.2) is 41.6 Å². The van der Waals surface area contributed by atoms with Crippen molar-refractivity contribution in [2.45, 2.75) is 42.0 Å². The zero-order valence-corrected chi connectivity index (χ0v) is 16.7. The van der Waals surface area contributed by atoms with Gasteiger partial charge >= 0.3 is 0 Å². The van der Waals surface area contributed by atoms with E-state index >= 15 is 0 Å². The second-order valence-electron chi connectivity index (χ2n) is 7.42. The molecule has 0 saturated heterocycles. The van der Waals surface area contributed by atoms with Gasteiger partial charge in [-0.05, 0) is 49.8 Å². The van der Waals surface area contributed by atoms with Gasteiger partial charge in [-0.15, -0.1) is 0 Å². The molecule has 2 aromatic rings. The van der Waals surface area contributed by atoms with Crippen molar-refractivity contribution in [1.29, 1.82) is 0 Å². The predicted molar refractivity (Wildman–Crippen MR) is 111 cm³/mol. The van der Waals surface area contributed by atoms with Crippen LogP contribution in [0.5, 0.6) is 5.75 Å². The minimum absolute atomic E-state index is 0.192. The van der Waals surface area contributed by atoms with Crippen molar-refractivity contribution in [1.82, 2.24) is 4.98 Å². The van der Waals surface area contributed by atoms with Crippen LogP contribution in [0.4, 0.5) is 11.4 Å². The van der Waals surface area contributed by atoms with Crippen LogP contribution in [-0.4, -0.2) is 36.9 Å². The van der Waals surface area contributed by atoms with E-state index in [0.717, 1.165) is 31.4 Å². The van der Waals surface area contributed by atoms with E-state index < -0.39 is 0 Å². The quantitative estimate of drug-likeness (QED) is 0.801. The summed E-state index contributed by atoms with van der Waals surface area (Å²) in [6.07, 6.45) is 8.26. The molecule has 1 unspecified atom stereocenters. The second-order valence-corrected chi connectivity index (χ2v) is 8.54. The standard InChI is InChI=1S/C21H27N3O2S/c1-24-19-11-16(26-2)7-8-20(19)27-21(24)17-12-22-10-9-18(17)23-15-5-3-14(13-25)4-6-15/h7-12,14-15,21,25H,3-6,13H2,1-2H3,(H,22,23). The number of anilines is 2. The Bertz CT molecular complexity index is 793. The Labute approximate surface area is 165 Å². The normalized spacial score (nSPS) is 24.6. The third-order valence-electron chi connectivity index (χ3n) is 5.72. The highest BCUT2D eigenvalue weighted by atomic mass is 32.2. The smallest absolute Gasteiger partial charge is 0.121 e. The van der Waals surface area contributed by atoms with E-state index in [1.54, 1.807) is 7.11 Å². The van der Waals surface area contributed by atoms with Gasteiger partial charge in [0.2, 0.25) is 0 Å². The molecule has 1 aromatic heterocycles. The maximum atomic E-state index is 9.36. The molecule has 27 heavy (non-hydrogen) atoms. The first-order valence-electron chi connectivity index (χ1n) is 9.58. The minimum Gasteiger partial charge on any atom is -0.497 e. The Morgan fingerprint density at radius 2 is 2.07 bits per heavy atom. The van der Waals surface area contributed by atoms with Gasteiger partial charge in [-0.3, -0.25) is 4.98 Å². The van der Waals surface area contributed by atoms with Gasteiger partial charge < -0.3 is 20.1 Å². The van der Waals surface area contributed by atoms with Crippen LogP contribution in [0.1, 0.15) is 36.6 Å². The van der Waals surface area contributed by atoms with Gasteiger partial charge in [0.05, 0.1) is 12.8 Å². The van der Waals surface area contributed by atoms with E-state index in [-0.39, 0.29) is 5.37 Å². The van der Waals surface area contributed by atoms with Gasteiger partial charge in [0.1, 0.15) is 11.1 Å². The van der Waals surface area contributed by atoms with Crippen LogP contribution in [0.2, 0.25) is 0 Å². The third kappa shape index (κ3) is 3.73. The largest absolute Gasteiger partial charge is 0.497 e. The molecular weight excluding hydrogens is 358 g/mol. The molecule has 1 saturated carbocycles. The zero-order chi connectivity index (χ0) is 18.8. The number of pyridine rings is 1. The van der Waals surface area contributed by atoms with Crippen molar-refractivity contribution in [3.05, 3.63) is 42.2 Å². The Hall–Kier alpha value is -1.92. The number of aliphatic hydroxyl groups is 1. The summed E-state index contributed by atoms with van der Waals surface area (Å²) in [5, 5.41) is 13.3. The molecule has 144 valence electrons. The van der Waals surface area contributed by atoms with E-state index in [4.69, 9.17) is 4.74 Å². The van der Waals surface area contributed by atoms with Crippen LogP contribution in [0.3, 0.4) is 0 Å². The van der Waals surface area contributed by atoms with E-state index in [2.05, 4.69) is 40.4 Å². The molecule has 1 aromatic carbocycles. The molecule has 1 aliphatic heterocycles. The van der Waals surface area contributed by atoms with Crippen LogP contribution >= 0.6 is 11.8 Å². The summed E-state index contributed by atoms with van der Waals surface area (Å²) in [4.78, 5) is 7.97. The first-order valence-corrected chi connectivity index (χ1v) is 10.5. The highest BCUT2D eigenvalue weighted by Gasteiger charge is 2.31. The topological polar surface area (TPSA) is 57.6 Å². The van der Waals surface area contributed by atoms with Gasteiger partial charge in [-0.25, -0.2) is 0 Å². The molecule has 6 heteroatoms. The lowest BCUT2D eigenvalue weighted by molar-refractivity contribution is 0.186. The maximum Gasteiger partial charge on any atom is 0.121 e. The fraction of sp³-hybridized carbons (Fsp3) is 0.476. The molecule has 1 atom stereocenters. The highest BCUT2D eigenvalue weighted by Crippen LogP contribution is 2.52. The molecule has 0 bridgehead atoms. The number of aliphatic hydroxyl groups excluding tert-OH is 1. The SMILES string of the molecule is COc1ccc2c(c1)N(C)C(c1cnccc1NC1CCC(CO)CC1)S2. The lowest BCUT2D eigenvalue weighted by Gasteiger charge is -2.30. The zero-order valence-electron chi connectivity index (χ0n) is 15.9. The van der Waals surface area contributed by atoms with Crippen molar-refractivity contribution in [2.24, 2.45) is 5.92 Å². The molecule has 0 spiro atoms. The Balaban J connectivity index is 1.53. The lowest BCUT2D eigenvalue weighted by atomic mass is 9.86. The average molecular weight is 386 g/mol. The van der Waals surface area contributed by atoms with E-state index in [0.29, 0.717) is 18.6 Å². The highest BCUT2D eigenvalue weighted by molar-refractivity contribution is 8.00. The Morgan fingerprint density at radius 3 is 2.81 bits per heavy atom. The number of benzene rings is 1. The number of thioether (sulfide) groups is 1. The van der Waals surface area contributed by atoms with Gasteiger partial charge in [0.25, 0.3) is 0 Å². The number of hydrogen-bond donors (Lipinski definition) is 2. The number of ether oxygens (including phenoxy) is 1. The lowest BCUT2D eigenvalue weighted by Crippen LogP contribution is -2.28.